The number of benzene rings is 1. The highest BCUT2D eigenvalue weighted by molar-refractivity contribution is 7.91. The van der Waals surface area contributed by atoms with Gasteiger partial charge >= 0.3 is 0 Å². The molecular weight excluding hydrogens is 396 g/mol. The molecule has 0 aliphatic heterocycles. The first-order chi connectivity index (χ1) is 13.4. The number of sulfonamides is 1. The maximum atomic E-state index is 11.3. The van der Waals surface area contributed by atoms with Crippen molar-refractivity contribution in [3.8, 4) is 0 Å². The number of rotatable bonds is 10. The molecule has 2 rings (SSSR count). The van der Waals surface area contributed by atoms with Gasteiger partial charge in [-0.1, -0.05) is 30.3 Å². The first kappa shape index (κ1) is 22.4. The van der Waals surface area contributed by atoms with E-state index in [9.17, 15) is 8.42 Å². The van der Waals surface area contributed by atoms with Gasteiger partial charge in [0.25, 0.3) is 0 Å². The lowest BCUT2D eigenvalue weighted by Gasteiger charge is -2.14. The van der Waals surface area contributed by atoms with Gasteiger partial charge in [-0.15, -0.1) is 11.3 Å². The number of nitrogens with two attached hydrogens (primary N) is 1. The molecule has 0 aliphatic rings. The molecule has 28 heavy (non-hydrogen) atoms. The van der Waals surface area contributed by atoms with E-state index in [0.717, 1.165) is 35.7 Å². The van der Waals surface area contributed by atoms with Crippen LogP contribution in [0.4, 0.5) is 0 Å². The van der Waals surface area contributed by atoms with E-state index in [4.69, 9.17) is 9.88 Å². The summed E-state index contributed by atoms with van der Waals surface area (Å²) >= 11 is 1.14. The molecule has 154 valence electrons. The topological polar surface area (TPSA) is 106 Å². The van der Waals surface area contributed by atoms with E-state index >= 15 is 0 Å². The number of nitrogens with zero attached hydrogens (tertiary/aromatic N) is 1. The molecule has 1 heterocycles. The lowest BCUT2D eigenvalue weighted by atomic mass is 10.1. The van der Waals surface area contributed by atoms with E-state index in [1.807, 2.05) is 32.0 Å². The summed E-state index contributed by atoms with van der Waals surface area (Å²) in [6, 6.07) is 13.4. The van der Waals surface area contributed by atoms with Crippen LogP contribution in [0.3, 0.4) is 0 Å². The van der Waals surface area contributed by atoms with Crippen LogP contribution in [0.2, 0.25) is 0 Å². The van der Waals surface area contributed by atoms with E-state index in [-0.39, 0.29) is 10.3 Å². The summed E-state index contributed by atoms with van der Waals surface area (Å²) in [6.45, 7) is 6.53. The molecular formula is C19H28N4O3S2. The number of aliphatic imine (C=N–C) groups is 1. The van der Waals surface area contributed by atoms with Crippen molar-refractivity contribution in [2.45, 2.75) is 37.1 Å². The molecule has 9 heteroatoms. The molecule has 2 aromatic rings. The summed E-state index contributed by atoms with van der Waals surface area (Å²) in [7, 11) is -3.65. The number of nitrogens with one attached hydrogen (secondary N) is 2. The minimum Gasteiger partial charge on any atom is -0.374 e. The molecule has 7 nitrogen and oxygen atoms in total. The van der Waals surface area contributed by atoms with Gasteiger partial charge in [0, 0.05) is 24.6 Å². The second kappa shape index (κ2) is 11.2. The second-order valence-electron chi connectivity index (χ2n) is 6.16. The van der Waals surface area contributed by atoms with Crippen molar-refractivity contribution in [2.75, 3.05) is 19.7 Å². The van der Waals surface area contributed by atoms with Gasteiger partial charge in [-0.05, 0) is 38.0 Å². The molecule has 0 bridgehead atoms. The Morgan fingerprint density at radius 2 is 1.96 bits per heavy atom. The summed E-state index contributed by atoms with van der Waals surface area (Å²) in [6.07, 6.45) is 0.908. The predicted molar refractivity (Wildman–Crippen MR) is 114 cm³/mol. The SMILES string of the molecule is CCNC(=NCc1ccc(S(N)(=O)=O)s1)NCCCOC(C)c1ccccc1. The van der Waals surface area contributed by atoms with Crippen LogP contribution in [-0.2, 0) is 21.3 Å². The van der Waals surface area contributed by atoms with Gasteiger partial charge in [-0.25, -0.2) is 18.5 Å². The third kappa shape index (κ3) is 7.59. The first-order valence-electron chi connectivity index (χ1n) is 9.20. The van der Waals surface area contributed by atoms with E-state index in [1.54, 1.807) is 6.07 Å². The smallest absolute Gasteiger partial charge is 0.247 e. The minimum absolute atomic E-state index is 0.0648. The highest BCUT2D eigenvalue weighted by Gasteiger charge is 2.11. The van der Waals surface area contributed by atoms with E-state index in [2.05, 4.69) is 27.8 Å². The van der Waals surface area contributed by atoms with Crippen molar-refractivity contribution in [1.29, 1.82) is 0 Å². The van der Waals surface area contributed by atoms with Crippen molar-refractivity contribution in [2.24, 2.45) is 10.1 Å². The molecule has 0 aliphatic carbocycles. The van der Waals surface area contributed by atoms with Gasteiger partial charge in [-0.3, -0.25) is 0 Å². The fraction of sp³-hybridized carbons (Fsp3) is 0.421. The number of hydrogen-bond acceptors (Lipinski definition) is 5. The van der Waals surface area contributed by atoms with Gasteiger partial charge in [-0.2, -0.15) is 0 Å². The van der Waals surface area contributed by atoms with Gasteiger partial charge in [0.15, 0.2) is 5.96 Å². The molecule has 0 amide bonds. The number of guanidine groups is 1. The van der Waals surface area contributed by atoms with E-state index in [1.165, 1.54) is 11.6 Å². The average molecular weight is 425 g/mol. The lowest BCUT2D eigenvalue weighted by Crippen LogP contribution is -2.38. The molecule has 1 aromatic heterocycles. The van der Waals surface area contributed by atoms with Crippen LogP contribution in [0.15, 0.2) is 51.7 Å². The molecule has 1 aromatic carbocycles. The van der Waals surface area contributed by atoms with Crippen molar-refractivity contribution < 1.29 is 13.2 Å². The third-order valence-electron chi connectivity index (χ3n) is 3.91. The normalized spacial score (nSPS) is 13.3. The number of hydrogen-bond donors (Lipinski definition) is 3. The number of thiophene rings is 1. The third-order valence-corrected chi connectivity index (χ3v) is 6.41. The first-order valence-corrected chi connectivity index (χ1v) is 11.6. The Morgan fingerprint density at radius 1 is 1.21 bits per heavy atom. The molecule has 1 unspecified atom stereocenters. The summed E-state index contributed by atoms with van der Waals surface area (Å²) in [4.78, 5) is 5.32. The van der Waals surface area contributed by atoms with Crippen LogP contribution in [0.25, 0.3) is 0 Å². The molecule has 0 fully saturated rings. The van der Waals surface area contributed by atoms with E-state index < -0.39 is 10.0 Å². The number of ether oxygens (including phenoxy) is 1. The van der Waals surface area contributed by atoms with Crippen LogP contribution in [0.5, 0.6) is 0 Å². The summed E-state index contributed by atoms with van der Waals surface area (Å²) < 4.78 is 28.7. The van der Waals surface area contributed by atoms with E-state index in [0.29, 0.717) is 19.1 Å². The zero-order valence-corrected chi connectivity index (χ0v) is 17.9. The monoisotopic (exact) mass is 424 g/mol. The fourth-order valence-electron chi connectivity index (χ4n) is 2.45. The average Bonchev–Trinajstić information content (AvgIpc) is 3.16. The van der Waals surface area contributed by atoms with Crippen LogP contribution < -0.4 is 15.8 Å². The predicted octanol–water partition coefficient (Wildman–Crippen LogP) is 2.62. The minimum atomic E-state index is -3.65. The second-order valence-corrected chi connectivity index (χ2v) is 9.12. The van der Waals surface area contributed by atoms with Crippen molar-refractivity contribution in [3.05, 3.63) is 52.9 Å². The Bertz CT molecular complexity index is 851. The fourth-order valence-corrected chi connectivity index (χ4v) is 4.16. The Labute approximate surface area is 171 Å². The van der Waals surface area contributed by atoms with Crippen LogP contribution in [0, 0.1) is 0 Å². The van der Waals surface area contributed by atoms with Crippen molar-refractivity contribution >= 4 is 27.3 Å². The molecule has 0 saturated heterocycles. The largest absolute Gasteiger partial charge is 0.374 e. The van der Waals surface area contributed by atoms with Gasteiger partial charge in [0.1, 0.15) is 4.21 Å². The molecule has 0 radical (unpaired) electrons. The molecule has 4 N–H and O–H groups in total. The highest BCUT2D eigenvalue weighted by atomic mass is 32.2. The Balaban J connectivity index is 1.76. The molecule has 0 saturated carbocycles. The maximum absolute atomic E-state index is 11.3. The Hall–Kier alpha value is -1.94. The highest BCUT2D eigenvalue weighted by Crippen LogP contribution is 2.20. The quantitative estimate of drug-likeness (QED) is 0.309. The lowest BCUT2D eigenvalue weighted by molar-refractivity contribution is 0.0646. The molecule has 1 atom stereocenters. The van der Waals surface area contributed by atoms with Crippen LogP contribution in [-0.4, -0.2) is 34.1 Å². The Kier molecular flexibility index (Phi) is 8.91. The van der Waals surface area contributed by atoms with Crippen LogP contribution >= 0.6 is 11.3 Å². The van der Waals surface area contributed by atoms with Crippen molar-refractivity contribution in [1.82, 2.24) is 10.6 Å². The molecule has 0 spiro atoms. The van der Waals surface area contributed by atoms with Crippen molar-refractivity contribution in [3.63, 3.8) is 0 Å². The van der Waals surface area contributed by atoms with Gasteiger partial charge in [0.05, 0.1) is 12.6 Å². The zero-order chi connectivity index (χ0) is 20.4. The van der Waals surface area contributed by atoms with Gasteiger partial charge in [0.2, 0.25) is 10.0 Å². The maximum Gasteiger partial charge on any atom is 0.247 e. The van der Waals surface area contributed by atoms with Crippen LogP contribution in [0.1, 0.15) is 36.8 Å². The number of primary sulfonamides is 1. The summed E-state index contributed by atoms with van der Waals surface area (Å²) in [5.41, 5.74) is 1.17. The summed E-state index contributed by atoms with van der Waals surface area (Å²) in [5, 5.41) is 11.6. The Morgan fingerprint density at radius 3 is 2.61 bits per heavy atom. The summed E-state index contributed by atoms with van der Waals surface area (Å²) in [5.74, 6) is 0.684. The van der Waals surface area contributed by atoms with Gasteiger partial charge < -0.3 is 15.4 Å². The zero-order valence-electron chi connectivity index (χ0n) is 16.2. The standard InChI is InChI=1S/C19H28N4O3S2/c1-3-21-19(23-14-17-10-11-18(27-17)28(20,24)25)22-12-7-13-26-15(2)16-8-5-4-6-9-16/h4-6,8-11,15H,3,7,12-14H2,1-2H3,(H2,20,24,25)(H2,21,22,23).